The standard InChI is InChI=1S/C19H18ClN3O3S/c20-16-3-5-17(6-4-16)27(25,26)21-11-12-7-13-1-2-14(9-15(13)8-12)18-10-19(24)23-22-18/h1-6,9-10,12,21H,7-8,11H2,(H2,22,23,24). The van der Waals surface area contributed by atoms with Crippen molar-refractivity contribution in [3.05, 3.63) is 75.0 Å². The zero-order valence-corrected chi connectivity index (χ0v) is 15.9. The minimum atomic E-state index is -3.55. The van der Waals surface area contributed by atoms with Gasteiger partial charge in [-0.3, -0.25) is 15.0 Å². The number of H-pyrrole nitrogens is 2. The van der Waals surface area contributed by atoms with Crippen LogP contribution in [0.1, 0.15) is 11.1 Å². The van der Waals surface area contributed by atoms with E-state index in [1.807, 2.05) is 12.1 Å². The Bertz CT molecular complexity index is 1130. The van der Waals surface area contributed by atoms with Crippen LogP contribution < -0.4 is 10.3 Å². The average molecular weight is 404 g/mol. The Morgan fingerprint density at radius 1 is 1.00 bits per heavy atom. The molecule has 27 heavy (non-hydrogen) atoms. The summed E-state index contributed by atoms with van der Waals surface area (Å²) in [5, 5.41) is 5.89. The van der Waals surface area contributed by atoms with E-state index in [1.54, 1.807) is 12.1 Å². The molecule has 0 bridgehead atoms. The molecule has 0 radical (unpaired) electrons. The molecule has 6 nitrogen and oxygen atoms in total. The molecular formula is C19H18ClN3O3S. The summed E-state index contributed by atoms with van der Waals surface area (Å²) in [5.74, 6) is 0.197. The van der Waals surface area contributed by atoms with E-state index in [2.05, 4.69) is 21.0 Å². The molecule has 1 heterocycles. The van der Waals surface area contributed by atoms with Crippen LogP contribution in [-0.2, 0) is 22.9 Å². The van der Waals surface area contributed by atoms with Crippen molar-refractivity contribution in [2.75, 3.05) is 6.54 Å². The lowest BCUT2D eigenvalue weighted by molar-refractivity contribution is 0.527. The van der Waals surface area contributed by atoms with Gasteiger partial charge in [0.2, 0.25) is 10.0 Å². The molecule has 0 saturated carbocycles. The molecule has 1 aromatic heterocycles. The van der Waals surface area contributed by atoms with Crippen LogP contribution in [0.5, 0.6) is 0 Å². The summed E-state index contributed by atoms with van der Waals surface area (Å²) in [4.78, 5) is 11.5. The van der Waals surface area contributed by atoms with Gasteiger partial charge in [0.1, 0.15) is 0 Å². The van der Waals surface area contributed by atoms with E-state index in [4.69, 9.17) is 11.6 Å². The molecule has 4 rings (SSSR count). The lowest BCUT2D eigenvalue weighted by Gasteiger charge is -2.11. The van der Waals surface area contributed by atoms with Gasteiger partial charge in [0.05, 0.1) is 10.6 Å². The second-order valence-electron chi connectivity index (χ2n) is 6.74. The van der Waals surface area contributed by atoms with Crippen molar-refractivity contribution in [2.24, 2.45) is 5.92 Å². The fourth-order valence-electron chi connectivity index (χ4n) is 3.43. The Balaban J connectivity index is 1.44. The first-order valence-electron chi connectivity index (χ1n) is 8.56. The Kier molecular flexibility index (Phi) is 4.67. The third-order valence-electron chi connectivity index (χ3n) is 4.82. The van der Waals surface area contributed by atoms with Gasteiger partial charge < -0.3 is 0 Å². The number of halogens is 1. The molecule has 1 atom stereocenters. The second-order valence-corrected chi connectivity index (χ2v) is 8.94. The minimum absolute atomic E-state index is 0.167. The van der Waals surface area contributed by atoms with Gasteiger partial charge in [-0.2, -0.15) is 0 Å². The topological polar surface area (TPSA) is 94.8 Å². The monoisotopic (exact) mass is 403 g/mol. The predicted molar refractivity (Wildman–Crippen MR) is 104 cm³/mol. The number of hydrogen-bond donors (Lipinski definition) is 3. The van der Waals surface area contributed by atoms with Crippen LogP contribution in [0.4, 0.5) is 0 Å². The van der Waals surface area contributed by atoms with Crippen LogP contribution in [0, 0.1) is 5.92 Å². The van der Waals surface area contributed by atoms with E-state index < -0.39 is 10.0 Å². The summed E-state index contributed by atoms with van der Waals surface area (Å²) in [6.45, 7) is 0.371. The number of aromatic amines is 2. The number of hydrogen-bond acceptors (Lipinski definition) is 3. The van der Waals surface area contributed by atoms with Gasteiger partial charge in [-0.25, -0.2) is 13.1 Å². The zero-order valence-electron chi connectivity index (χ0n) is 14.3. The van der Waals surface area contributed by atoms with Gasteiger partial charge in [0, 0.05) is 17.6 Å². The van der Waals surface area contributed by atoms with E-state index in [9.17, 15) is 13.2 Å². The van der Waals surface area contributed by atoms with Crippen LogP contribution in [0.2, 0.25) is 5.02 Å². The van der Waals surface area contributed by atoms with Crippen LogP contribution in [0.3, 0.4) is 0 Å². The number of sulfonamides is 1. The fraction of sp³-hybridized carbons (Fsp3) is 0.211. The quantitative estimate of drug-likeness (QED) is 0.611. The maximum Gasteiger partial charge on any atom is 0.264 e. The van der Waals surface area contributed by atoms with Crippen molar-refractivity contribution in [3.63, 3.8) is 0 Å². The molecule has 0 saturated heterocycles. The number of nitrogens with one attached hydrogen (secondary N) is 3. The van der Waals surface area contributed by atoms with E-state index in [1.165, 1.54) is 29.3 Å². The van der Waals surface area contributed by atoms with Crippen molar-refractivity contribution in [1.82, 2.24) is 14.9 Å². The highest BCUT2D eigenvalue weighted by Gasteiger charge is 2.24. The van der Waals surface area contributed by atoms with E-state index in [0.717, 1.165) is 24.1 Å². The Hall–Kier alpha value is -2.35. The van der Waals surface area contributed by atoms with Gasteiger partial charge in [0.25, 0.3) is 5.56 Å². The molecule has 8 heteroatoms. The van der Waals surface area contributed by atoms with Crippen LogP contribution in [0.15, 0.2) is 58.2 Å². The third kappa shape index (κ3) is 3.85. The summed E-state index contributed by atoms with van der Waals surface area (Å²) in [7, 11) is -3.55. The first-order valence-corrected chi connectivity index (χ1v) is 10.4. The molecule has 1 aliphatic rings. The minimum Gasteiger partial charge on any atom is -0.298 e. The van der Waals surface area contributed by atoms with Crippen molar-refractivity contribution >= 4 is 21.6 Å². The lowest BCUT2D eigenvalue weighted by atomic mass is 10.0. The summed E-state index contributed by atoms with van der Waals surface area (Å²) in [5.41, 5.74) is 3.92. The molecule has 1 aliphatic carbocycles. The normalized spacial score (nSPS) is 16.4. The van der Waals surface area contributed by atoms with Gasteiger partial charge in [0.15, 0.2) is 0 Å². The van der Waals surface area contributed by atoms with Crippen LogP contribution in [-0.4, -0.2) is 25.2 Å². The highest BCUT2D eigenvalue weighted by Crippen LogP contribution is 2.30. The third-order valence-corrected chi connectivity index (χ3v) is 6.51. The molecule has 3 aromatic rings. The second kappa shape index (κ2) is 6.99. The molecule has 3 N–H and O–H groups in total. The molecule has 0 amide bonds. The zero-order chi connectivity index (χ0) is 19.0. The SMILES string of the molecule is O=c1cc(-c2ccc3c(c2)CC(CNS(=O)(=O)c2ccc(Cl)cc2)C3)[nH][nH]1. The average Bonchev–Trinajstić information content (AvgIpc) is 3.25. The molecule has 2 aromatic carbocycles. The van der Waals surface area contributed by atoms with Crippen LogP contribution >= 0.6 is 11.6 Å². The smallest absolute Gasteiger partial charge is 0.264 e. The number of benzene rings is 2. The molecule has 140 valence electrons. The number of aromatic nitrogens is 2. The van der Waals surface area contributed by atoms with Crippen molar-refractivity contribution in [1.29, 1.82) is 0 Å². The molecule has 0 spiro atoms. The maximum absolute atomic E-state index is 12.4. The highest BCUT2D eigenvalue weighted by molar-refractivity contribution is 7.89. The van der Waals surface area contributed by atoms with E-state index in [0.29, 0.717) is 11.6 Å². The Morgan fingerprint density at radius 3 is 2.44 bits per heavy atom. The summed E-state index contributed by atoms with van der Waals surface area (Å²) < 4.78 is 27.5. The first-order chi connectivity index (χ1) is 12.9. The lowest BCUT2D eigenvalue weighted by Crippen LogP contribution is -2.29. The van der Waals surface area contributed by atoms with Gasteiger partial charge in [-0.1, -0.05) is 23.7 Å². The predicted octanol–water partition coefficient (Wildman–Crippen LogP) is 2.72. The largest absolute Gasteiger partial charge is 0.298 e. The molecule has 0 aliphatic heterocycles. The maximum atomic E-state index is 12.4. The van der Waals surface area contributed by atoms with Gasteiger partial charge in [-0.05, 0) is 65.8 Å². The van der Waals surface area contributed by atoms with Gasteiger partial charge in [-0.15, -0.1) is 0 Å². The first kappa shape index (κ1) is 18.0. The number of fused-ring (bicyclic) bond motifs is 1. The van der Waals surface area contributed by atoms with Crippen LogP contribution in [0.25, 0.3) is 11.3 Å². The van der Waals surface area contributed by atoms with Gasteiger partial charge >= 0.3 is 0 Å². The summed E-state index contributed by atoms with van der Waals surface area (Å²) in [6, 6.07) is 13.7. The van der Waals surface area contributed by atoms with Crippen molar-refractivity contribution in [2.45, 2.75) is 17.7 Å². The Labute approximate surface area is 161 Å². The van der Waals surface area contributed by atoms with E-state index in [-0.39, 0.29) is 16.4 Å². The fourth-order valence-corrected chi connectivity index (χ4v) is 4.68. The molecule has 0 fully saturated rings. The highest BCUT2D eigenvalue weighted by atomic mass is 35.5. The summed E-state index contributed by atoms with van der Waals surface area (Å²) >= 11 is 5.82. The molecule has 1 unspecified atom stereocenters. The Morgan fingerprint density at radius 2 is 1.74 bits per heavy atom. The number of rotatable bonds is 5. The van der Waals surface area contributed by atoms with E-state index >= 15 is 0 Å². The van der Waals surface area contributed by atoms with Crippen molar-refractivity contribution in [3.8, 4) is 11.3 Å². The summed E-state index contributed by atoms with van der Waals surface area (Å²) in [6.07, 6.45) is 1.61. The van der Waals surface area contributed by atoms with Crippen molar-refractivity contribution < 1.29 is 8.42 Å². The molecular weight excluding hydrogens is 386 g/mol.